The summed E-state index contributed by atoms with van der Waals surface area (Å²) in [6.07, 6.45) is 4.12. The number of hydrogen-bond donors (Lipinski definition) is 0. The third-order valence-corrected chi connectivity index (χ3v) is 2.86. The van der Waals surface area contributed by atoms with Crippen LogP contribution in [-0.4, -0.2) is 18.5 Å². The molecule has 1 aliphatic heterocycles. The van der Waals surface area contributed by atoms with Gasteiger partial charge in [-0.05, 0) is 28.7 Å². The summed E-state index contributed by atoms with van der Waals surface area (Å²) in [6, 6.07) is 0. The first-order valence-electron chi connectivity index (χ1n) is 2.65. The van der Waals surface area contributed by atoms with Crippen LogP contribution in [0.25, 0.3) is 0 Å². The summed E-state index contributed by atoms with van der Waals surface area (Å²) in [7, 11) is 1.98. The molecule has 0 aromatic rings. The van der Waals surface area contributed by atoms with Gasteiger partial charge in [-0.1, -0.05) is 17.7 Å². The highest BCUT2D eigenvalue weighted by Gasteiger charge is 2.06. The van der Waals surface area contributed by atoms with E-state index in [1.165, 1.54) is 0 Å². The molecular weight excluding hydrogens is 248 g/mol. The van der Waals surface area contributed by atoms with Crippen LogP contribution in [-0.2, 0) is 0 Å². The normalized spacial score (nSPS) is 19.2. The molecule has 0 aromatic carbocycles. The fourth-order valence-electron chi connectivity index (χ4n) is 0.646. The Bertz CT molecular complexity index is 174. The van der Waals surface area contributed by atoms with Gasteiger partial charge in [-0.25, -0.2) is 0 Å². The van der Waals surface area contributed by atoms with E-state index in [0.29, 0.717) is 0 Å². The molecule has 9 heavy (non-hydrogen) atoms. The minimum Gasteiger partial charge on any atom is -0.361 e. The SMILES string of the molecule is CN1CC=CC(I)=C1Cl. The molecule has 0 aromatic heterocycles. The number of rotatable bonds is 0. The summed E-state index contributed by atoms with van der Waals surface area (Å²) in [5.74, 6) is 0. The number of likely N-dealkylation sites (N-methyl/N-ethyl adjacent to an activating group) is 1. The highest BCUT2D eigenvalue weighted by atomic mass is 127. The second kappa shape index (κ2) is 2.92. The molecule has 0 fully saturated rings. The number of hydrogen-bond acceptors (Lipinski definition) is 1. The molecular formula is C6H7ClIN. The molecule has 1 heterocycles. The zero-order chi connectivity index (χ0) is 6.85. The van der Waals surface area contributed by atoms with E-state index < -0.39 is 0 Å². The van der Waals surface area contributed by atoms with Crippen molar-refractivity contribution in [3.05, 3.63) is 20.9 Å². The van der Waals surface area contributed by atoms with E-state index in [1.807, 2.05) is 18.0 Å². The first-order valence-corrected chi connectivity index (χ1v) is 4.10. The Balaban J connectivity index is 2.83. The molecule has 1 nitrogen and oxygen atoms in total. The van der Waals surface area contributed by atoms with Gasteiger partial charge in [0.05, 0.1) is 0 Å². The van der Waals surface area contributed by atoms with Crippen molar-refractivity contribution in [2.75, 3.05) is 13.6 Å². The first kappa shape index (κ1) is 7.41. The Hall–Kier alpha value is 0.300. The first-order chi connectivity index (χ1) is 4.22. The van der Waals surface area contributed by atoms with Gasteiger partial charge in [0.1, 0.15) is 5.16 Å². The average Bonchev–Trinajstić information content (AvgIpc) is 1.83. The van der Waals surface area contributed by atoms with Crippen LogP contribution in [0.15, 0.2) is 20.9 Å². The van der Waals surface area contributed by atoms with Crippen LogP contribution in [0.5, 0.6) is 0 Å². The van der Waals surface area contributed by atoms with Gasteiger partial charge in [-0.2, -0.15) is 0 Å². The van der Waals surface area contributed by atoms with Gasteiger partial charge >= 0.3 is 0 Å². The lowest BCUT2D eigenvalue weighted by atomic mass is 10.4. The molecule has 50 valence electrons. The molecule has 0 saturated carbocycles. The van der Waals surface area contributed by atoms with Gasteiger partial charge in [-0.3, -0.25) is 0 Å². The summed E-state index contributed by atoms with van der Waals surface area (Å²) in [5, 5.41) is 0.845. The van der Waals surface area contributed by atoms with Crippen molar-refractivity contribution >= 4 is 34.2 Å². The molecule has 1 rings (SSSR count). The van der Waals surface area contributed by atoms with E-state index in [1.54, 1.807) is 0 Å². The Labute approximate surface area is 73.5 Å². The monoisotopic (exact) mass is 255 g/mol. The number of allylic oxidation sites excluding steroid dienone is 2. The molecule has 0 aliphatic carbocycles. The Kier molecular flexibility index (Phi) is 2.41. The Morgan fingerprint density at radius 2 is 2.44 bits per heavy atom. The standard InChI is InChI=1S/C6H7ClIN/c1-9-4-2-3-5(8)6(9)7/h2-3H,4H2,1H3. The molecule has 0 bridgehead atoms. The van der Waals surface area contributed by atoms with Crippen LogP contribution in [0.2, 0.25) is 0 Å². The highest BCUT2D eigenvalue weighted by molar-refractivity contribution is 14.1. The highest BCUT2D eigenvalue weighted by Crippen LogP contribution is 2.23. The topological polar surface area (TPSA) is 3.24 Å². The van der Waals surface area contributed by atoms with Crippen LogP contribution in [0, 0.1) is 0 Å². The molecule has 0 N–H and O–H groups in total. The van der Waals surface area contributed by atoms with E-state index in [0.717, 1.165) is 15.3 Å². The quantitative estimate of drug-likeness (QED) is 0.474. The van der Waals surface area contributed by atoms with Crippen molar-refractivity contribution in [2.45, 2.75) is 0 Å². The summed E-state index contributed by atoms with van der Waals surface area (Å²) in [5.41, 5.74) is 0. The summed E-state index contributed by atoms with van der Waals surface area (Å²) < 4.78 is 1.11. The molecule has 3 heteroatoms. The van der Waals surface area contributed by atoms with Gasteiger partial charge in [0.25, 0.3) is 0 Å². The molecule has 0 unspecified atom stereocenters. The van der Waals surface area contributed by atoms with Crippen molar-refractivity contribution in [3.63, 3.8) is 0 Å². The molecule has 0 radical (unpaired) electrons. The smallest absolute Gasteiger partial charge is 0.118 e. The maximum Gasteiger partial charge on any atom is 0.118 e. The molecule has 1 aliphatic rings. The second-order valence-corrected chi connectivity index (χ2v) is 3.44. The van der Waals surface area contributed by atoms with E-state index in [4.69, 9.17) is 11.6 Å². The third kappa shape index (κ3) is 1.61. The maximum absolute atomic E-state index is 5.86. The van der Waals surface area contributed by atoms with Gasteiger partial charge < -0.3 is 4.90 Å². The largest absolute Gasteiger partial charge is 0.361 e. The Morgan fingerprint density at radius 3 is 2.89 bits per heavy atom. The summed E-state index contributed by atoms with van der Waals surface area (Å²) >= 11 is 8.08. The van der Waals surface area contributed by atoms with Crippen molar-refractivity contribution in [2.24, 2.45) is 0 Å². The summed E-state index contributed by atoms with van der Waals surface area (Å²) in [6.45, 7) is 0.922. The molecule has 0 saturated heterocycles. The van der Waals surface area contributed by atoms with Gasteiger partial charge in [-0.15, -0.1) is 0 Å². The van der Waals surface area contributed by atoms with Crippen molar-refractivity contribution in [1.82, 2.24) is 4.90 Å². The lowest BCUT2D eigenvalue weighted by molar-refractivity contribution is 0.489. The Morgan fingerprint density at radius 1 is 1.78 bits per heavy atom. The molecule has 0 atom stereocenters. The minimum atomic E-state index is 0.845. The van der Waals surface area contributed by atoms with Crippen LogP contribution in [0.4, 0.5) is 0 Å². The zero-order valence-electron chi connectivity index (χ0n) is 5.06. The van der Waals surface area contributed by atoms with Crippen LogP contribution < -0.4 is 0 Å². The second-order valence-electron chi connectivity index (χ2n) is 1.92. The average molecular weight is 255 g/mol. The van der Waals surface area contributed by atoms with E-state index in [-0.39, 0.29) is 0 Å². The predicted molar refractivity (Wildman–Crippen MR) is 48.7 cm³/mol. The fraction of sp³-hybridized carbons (Fsp3) is 0.333. The number of nitrogens with zero attached hydrogens (tertiary/aromatic N) is 1. The predicted octanol–water partition coefficient (Wildman–Crippen LogP) is 2.33. The lowest BCUT2D eigenvalue weighted by Gasteiger charge is -2.19. The number of halogens is 2. The van der Waals surface area contributed by atoms with E-state index in [9.17, 15) is 0 Å². The van der Waals surface area contributed by atoms with Gasteiger partial charge in [0.15, 0.2) is 0 Å². The van der Waals surface area contributed by atoms with Crippen LogP contribution in [0.1, 0.15) is 0 Å². The van der Waals surface area contributed by atoms with Crippen molar-refractivity contribution in [3.8, 4) is 0 Å². The summed E-state index contributed by atoms with van der Waals surface area (Å²) in [4.78, 5) is 2.00. The minimum absolute atomic E-state index is 0.845. The lowest BCUT2D eigenvalue weighted by Crippen LogP contribution is -2.17. The van der Waals surface area contributed by atoms with E-state index >= 15 is 0 Å². The zero-order valence-corrected chi connectivity index (χ0v) is 7.98. The van der Waals surface area contributed by atoms with Crippen molar-refractivity contribution < 1.29 is 0 Å². The molecule has 0 amide bonds. The van der Waals surface area contributed by atoms with Gasteiger partial charge in [0, 0.05) is 17.2 Å². The maximum atomic E-state index is 5.86. The van der Waals surface area contributed by atoms with E-state index in [2.05, 4.69) is 28.7 Å². The van der Waals surface area contributed by atoms with Crippen molar-refractivity contribution in [1.29, 1.82) is 0 Å². The third-order valence-electron chi connectivity index (χ3n) is 1.18. The molecule has 0 spiro atoms. The van der Waals surface area contributed by atoms with Gasteiger partial charge in [0.2, 0.25) is 0 Å². The van der Waals surface area contributed by atoms with Crippen LogP contribution >= 0.6 is 34.2 Å². The van der Waals surface area contributed by atoms with Crippen LogP contribution in [0.3, 0.4) is 0 Å². The fourth-order valence-corrected chi connectivity index (χ4v) is 1.44.